The van der Waals surface area contributed by atoms with Crippen molar-refractivity contribution in [2.24, 2.45) is 0 Å². The molecule has 8 nitrogen and oxygen atoms in total. The highest BCUT2D eigenvalue weighted by atomic mass is 19.1. The lowest BCUT2D eigenvalue weighted by molar-refractivity contribution is 0.578. The van der Waals surface area contributed by atoms with Gasteiger partial charge in [0.1, 0.15) is 16.7 Å². The topological polar surface area (TPSA) is 98.4 Å². The van der Waals surface area contributed by atoms with E-state index in [1.807, 2.05) is 18.2 Å². The molecule has 1 aliphatic rings. The minimum Gasteiger partial charge on any atom is -0.382 e. The number of halogens is 1. The molecule has 4 aromatic heterocycles. The van der Waals surface area contributed by atoms with E-state index in [2.05, 4.69) is 49.2 Å². The summed E-state index contributed by atoms with van der Waals surface area (Å²) in [5.41, 5.74) is 5.97. The molecule has 1 aromatic carbocycles. The van der Waals surface area contributed by atoms with E-state index < -0.39 is 5.82 Å². The first-order chi connectivity index (χ1) is 17.1. The highest BCUT2D eigenvalue weighted by Crippen LogP contribution is 2.34. The van der Waals surface area contributed by atoms with Gasteiger partial charge in [-0.2, -0.15) is 5.10 Å². The molecule has 1 saturated heterocycles. The molecule has 0 bridgehead atoms. The van der Waals surface area contributed by atoms with Crippen molar-refractivity contribution in [1.82, 2.24) is 30.1 Å². The number of pyridine rings is 2. The lowest BCUT2D eigenvalue weighted by Gasteiger charge is -2.28. The quantitative estimate of drug-likeness (QED) is 0.313. The van der Waals surface area contributed by atoms with Crippen LogP contribution in [0.2, 0.25) is 0 Å². The average Bonchev–Trinajstić information content (AvgIpc) is 3.48. The van der Waals surface area contributed by atoms with Gasteiger partial charge in [-0.05, 0) is 62.9 Å². The summed E-state index contributed by atoms with van der Waals surface area (Å²) in [6.07, 6.45) is 8.93. The molecule has 35 heavy (non-hydrogen) atoms. The molecule has 0 atom stereocenters. The number of anilines is 2. The molecule has 1 fully saturated rings. The van der Waals surface area contributed by atoms with Gasteiger partial charge in [0.2, 0.25) is 0 Å². The van der Waals surface area contributed by atoms with Crippen LogP contribution in [-0.4, -0.2) is 49.3 Å². The van der Waals surface area contributed by atoms with E-state index in [0.29, 0.717) is 22.6 Å². The second kappa shape index (κ2) is 8.65. The van der Waals surface area contributed by atoms with Crippen LogP contribution in [0.4, 0.5) is 15.8 Å². The van der Waals surface area contributed by atoms with Crippen LogP contribution in [0, 0.1) is 5.82 Å². The van der Waals surface area contributed by atoms with Crippen LogP contribution >= 0.6 is 0 Å². The van der Waals surface area contributed by atoms with E-state index >= 15 is 4.39 Å². The molecule has 3 N–H and O–H groups in total. The monoisotopic (exact) mass is 470 g/mol. The van der Waals surface area contributed by atoms with E-state index in [-0.39, 0.29) is 11.6 Å². The number of hydrogen-bond donors (Lipinski definition) is 3. The van der Waals surface area contributed by atoms with Gasteiger partial charge < -0.3 is 15.2 Å². The van der Waals surface area contributed by atoms with E-state index in [4.69, 9.17) is 4.98 Å². The van der Waals surface area contributed by atoms with Gasteiger partial charge in [-0.1, -0.05) is 0 Å². The number of benzene rings is 1. The number of fused-ring (bicyclic) bond motifs is 2. The Morgan fingerprint density at radius 2 is 1.91 bits per heavy atom. The fourth-order valence-electron chi connectivity index (χ4n) is 4.85. The number of H-pyrrole nitrogens is 2. The number of nitrogens with one attached hydrogen (secondary N) is 3. The maximum Gasteiger partial charge on any atom is 0.180 e. The Morgan fingerprint density at radius 3 is 2.74 bits per heavy atom. The second-order valence-electron chi connectivity index (χ2n) is 9.38. The minimum absolute atomic E-state index is 0.267. The Kier molecular flexibility index (Phi) is 5.32. The summed E-state index contributed by atoms with van der Waals surface area (Å²) in [5, 5.41) is 11.2. The third-order valence-corrected chi connectivity index (χ3v) is 6.44. The average molecular weight is 471 g/mol. The second-order valence-corrected chi connectivity index (χ2v) is 9.38. The number of hydrogen-bond acceptors (Lipinski definition) is 6. The fraction of sp³-hybridized carbons (Fsp3) is 0.308. The molecule has 178 valence electrons. The van der Waals surface area contributed by atoms with Crippen molar-refractivity contribution in [2.45, 2.75) is 39.2 Å². The predicted molar refractivity (Wildman–Crippen MR) is 137 cm³/mol. The van der Waals surface area contributed by atoms with Crippen molar-refractivity contribution in [2.75, 3.05) is 23.3 Å². The Bertz CT molecular complexity index is 1510. The SMILES string of the molecule is CC(C)Nc1cncc(-c2cc(F)c3n[nH]c(-c4nc5nccc(N6CCCCC6)c5[nH]4)c3c2)c1. The Hall–Kier alpha value is -4.01. The minimum atomic E-state index is -0.398. The molecule has 0 saturated carbocycles. The summed E-state index contributed by atoms with van der Waals surface area (Å²) in [6.45, 7) is 6.17. The summed E-state index contributed by atoms with van der Waals surface area (Å²) in [6, 6.07) is 7.70. The molecule has 0 aliphatic carbocycles. The van der Waals surface area contributed by atoms with Gasteiger partial charge in [-0.15, -0.1) is 0 Å². The van der Waals surface area contributed by atoms with Gasteiger partial charge >= 0.3 is 0 Å². The van der Waals surface area contributed by atoms with Crippen LogP contribution in [0.15, 0.2) is 42.9 Å². The summed E-state index contributed by atoms with van der Waals surface area (Å²) in [4.78, 5) is 19.3. The number of imidazole rings is 1. The first-order valence-corrected chi connectivity index (χ1v) is 12.1. The van der Waals surface area contributed by atoms with Crippen molar-refractivity contribution < 1.29 is 4.39 Å². The normalized spacial score (nSPS) is 14.3. The highest BCUT2D eigenvalue weighted by molar-refractivity contribution is 5.97. The van der Waals surface area contributed by atoms with Gasteiger partial charge in [-0.25, -0.2) is 14.4 Å². The van der Waals surface area contributed by atoms with E-state index in [0.717, 1.165) is 41.1 Å². The van der Waals surface area contributed by atoms with E-state index in [9.17, 15) is 0 Å². The van der Waals surface area contributed by atoms with Crippen molar-refractivity contribution in [1.29, 1.82) is 0 Å². The van der Waals surface area contributed by atoms with Gasteiger partial charge in [0.15, 0.2) is 17.3 Å². The van der Waals surface area contributed by atoms with E-state index in [1.165, 1.54) is 25.3 Å². The van der Waals surface area contributed by atoms with Crippen molar-refractivity contribution in [3.05, 3.63) is 48.7 Å². The Balaban J connectivity index is 1.44. The number of rotatable bonds is 5. The first kappa shape index (κ1) is 21.5. The maximum atomic E-state index is 15.1. The largest absolute Gasteiger partial charge is 0.382 e. The molecule has 6 rings (SSSR count). The van der Waals surface area contributed by atoms with Crippen LogP contribution in [0.1, 0.15) is 33.1 Å². The van der Waals surface area contributed by atoms with Crippen LogP contribution in [-0.2, 0) is 0 Å². The van der Waals surface area contributed by atoms with Gasteiger partial charge in [0.05, 0.1) is 11.4 Å². The zero-order valence-electron chi connectivity index (χ0n) is 19.8. The lowest BCUT2D eigenvalue weighted by atomic mass is 10.0. The first-order valence-electron chi connectivity index (χ1n) is 12.1. The van der Waals surface area contributed by atoms with Gasteiger partial charge in [-0.3, -0.25) is 10.1 Å². The number of nitrogens with zero attached hydrogens (tertiary/aromatic N) is 5. The number of piperidine rings is 1. The van der Waals surface area contributed by atoms with Crippen LogP contribution in [0.3, 0.4) is 0 Å². The van der Waals surface area contributed by atoms with Crippen LogP contribution in [0.5, 0.6) is 0 Å². The molecule has 5 heterocycles. The van der Waals surface area contributed by atoms with Crippen LogP contribution in [0.25, 0.3) is 44.7 Å². The molecule has 0 spiro atoms. The standard InChI is InChI=1S/C26H27FN8/c1-15(2)30-18-10-17(13-28-14-18)16-11-19-22(20(27)12-16)33-34-23(19)26-31-24-21(6-7-29-25(24)32-26)35-8-4-3-5-9-35/h6-7,10-15,30H,3-5,8-9H2,1-2H3,(H,33,34)(H,29,31,32). The third kappa shape index (κ3) is 3.96. The Labute approximate surface area is 202 Å². The summed E-state index contributed by atoms with van der Waals surface area (Å²) in [5.74, 6) is 0.190. The summed E-state index contributed by atoms with van der Waals surface area (Å²) < 4.78 is 15.1. The van der Waals surface area contributed by atoms with Crippen molar-refractivity contribution in [3.63, 3.8) is 0 Å². The molecular weight excluding hydrogens is 443 g/mol. The van der Waals surface area contributed by atoms with E-state index in [1.54, 1.807) is 18.6 Å². The lowest BCUT2D eigenvalue weighted by Crippen LogP contribution is -2.29. The molecule has 0 unspecified atom stereocenters. The fourth-order valence-corrected chi connectivity index (χ4v) is 4.85. The summed E-state index contributed by atoms with van der Waals surface area (Å²) >= 11 is 0. The predicted octanol–water partition coefficient (Wildman–Crippen LogP) is 5.51. The molecule has 5 aromatic rings. The Morgan fingerprint density at radius 1 is 1.06 bits per heavy atom. The van der Waals surface area contributed by atoms with Crippen molar-refractivity contribution >= 4 is 33.4 Å². The molecular formula is C26H27FN8. The maximum absolute atomic E-state index is 15.1. The molecule has 0 amide bonds. The van der Waals surface area contributed by atoms with Crippen molar-refractivity contribution in [3.8, 4) is 22.6 Å². The molecule has 0 radical (unpaired) electrons. The zero-order valence-corrected chi connectivity index (χ0v) is 19.8. The molecule has 1 aliphatic heterocycles. The van der Waals surface area contributed by atoms with Gasteiger partial charge in [0, 0.05) is 48.7 Å². The number of aromatic amines is 2. The smallest absolute Gasteiger partial charge is 0.180 e. The highest BCUT2D eigenvalue weighted by Gasteiger charge is 2.20. The van der Waals surface area contributed by atoms with Crippen LogP contribution < -0.4 is 10.2 Å². The van der Waals surface area contributed by atoms with Gasteiger partial charge in [0.25, 0.3) is 0 Å². The third-order valence-electron chi connectivity index (χ3n) is 6.44. The summed E-state index contributed by atoms with van der Waals surface area (Å²) in [7, 11) is 0. The number of aromatic nitrogens is 6. The molecule has 9 heteroatoms. The zero-order chi connectivity index (χ0) is 23.9.